The quantitative estimate of drug-likeness (QED) is 0.190. The van der Waals surface area contributed by atoms with Crippen molar-refractivity contribution in [2.24, 2.45) is 11.8 Å². The molecule has 8 rings (SSSR count). The minimum Gasteiger partial charge on any atom is -0.461 e. The van der Waals surface area contributed by atoms with Gasteiger partial charge in [0.05, 0.1) is 17.0 Å². The van der Waals surface area contributed by atoms with E-state index in [0.717, 1.165) is 25.8 Å². The van der Waals surface area contributed by atoms with Crippen LogP contribution in [0.5, 0.6) is 6.01 Å². The molecule has 2 aromatic heterocycles. The van der Waals surface area contributed by atoms with Crippen molar-refractivity contribution in [3.8, 4) is 17.3 Å². The first kappa shape index (κ1) is 33.9. The molecule has 3 saturated heterocycles. The number of ether oxygens (including phenoxy) is 2. The third kappa shape index (κ3) is 5.82. The van der Waals surface area contributed by atoms with Crippen LogP contribution in [-0.4, -0.2) is 86.8 Å². The number of halogens is 3. The van der Waals surface area contributed by atoms with Crippen molar-refractivity contribution in [3.05, 3.63) is 53.2 Å². The lowest BCUT2D eigenvalue weighted by Gasteiger charge is -2.34. The molecule has 4 aromatic rings. The SMILES string of the molecule is CCc1c(F)ccc2cc(C(C)(C)OC(=O)O)cc(-c3ncc4c(N5C[C@@H]6C[C@H](C5)[C@H](O)C6)nc(OC[C@@]56CCCN5C[C@H](F)C6)nc4c3F)c12. The lowest BCUT2D eigenvalue weighted by atomic mass is 9.88. The Hall–Kier alpha value is -4.23. The fraction of sp³-hybridized carbons (Fsp3) is 0.526. The number of pyridine rings is 1. The van der Waals surface area contributed by atoms with Crippen LogP contribution in [0.25, 0.3) is 32.9 Å². The maximum absolute atomic E-state index is 17.3. The van der Waals surface area contributed by atoms with Crippen molar-refractivity contribution in [2.45, 2.75) is 82.7 Å². The summed E-state index contributed by atoms with van der Waals surface area (Å²) in [4.78, 5) is 29.8. The average Bonchev–Trinajstić information content (AvgIpc) is 3.70. The molecule has 0 amide bonds. The summed E-state index contributed by atoms with van der Waals surface area (Å²) in [6.07, 6.45) is 2.66. The molecule has 13 heteroatoms. The Balaban J connectivity index is 1.30. The Morgan fingerprint density at radius 3 is 2.73 bits per heavy atom. The smallest absolute Gasteiger partial charge is 0.461 e. The number of carbonyl (C=O) groups is 1. The number of aryl methyl sites for hydroxylation is 1. The summed E-state index contributed by atoms with van der Waals surface area (Å²) in [6.45, 7) is 7.44. The Kier molecular flexibility index (Phi) is 8.29. The molecule has 2 N–H and O–H groups in total. The molecule has 1 aliphatic carbocycles. The van der Waals surface area contributed by atoms with E-state index >= 15 is 8.78 Å². The maximum atomic E-state index is 17.3. The van der Waals surface area contributed by atoms with E-state index in [9.17, 15) is 19.4 Å². The van der Waals surface area contributed by atoms with Crippen molar-refractivity contribution >= 4 is 33.6 Å². The lowest BCUT2D eigenvalue weighted by molar-refractivity contribution is 0.00110. The molecule has 2 bridgehead atoms. The van der Waals surface area contributed by atoms with Crippen LogP contribution in [0.4, 0.5) is 23.8 Å². The standard InChI is InChI=1S/C38H42F3N5O5/c1-4-25-28(40)7-6-21-12-23(37(2,3)51-36(48)49)13-26(30(21)25)32-31(41)33-27(15-42-32)34(45-16-20-10-22(17-45)29(47)11-20)44-35(43-33)50-19-38-8-5-9-46(38)18-24(39)14-38/h6-7,12-13,15,20,22,24,29,47H,4-5,8-11,14,16-19H2,1-3H3,(H,48,49)/t20-,22-,24-,29-,38+/m1/s1. The minimum absolute atomic E-state index is 0.0366. The fourth-order valence-electron chi connectivity index (χ4n) is 9.24. The highest BCUT2D eigenvalue weighted by atomic mass is 19.1. The number of benzene rings is 2. The third-order valence-corrected chi connectivity index (χ3v) is 11.7. The molecule has 0 spiro atoms. The van der Waals surface area contributed by atoms with Crippen molar-refractivity contribution in [1.29, 1.82) is 0 Å². The molecular formula is C38H42F3N5O5. The average molecular weight is 706 g/mol. The number of hydrogen-bond donors (Lipinski definition) is 2. The van der Waals surface area contributed by atoms with E-state index in [-0.39, 0.29) is 41.2 Å². The van der Waals surface area contributed by atoms with Gasteiger partial charge in [0.2, 0.25) is 0 Å². The van der Waals surface area contributed by atoms with E-state index in [4.69, 9.17) is 14.5 Å². The van der Waals surface area contributed by atoms with Gasteiger partial charge in [-0.25, -0.2) is 18.0 Å². The van der Waals surface area contributed by atoms with E-state index in [0.29, 0.717) is 72.0 Å². The van der Waals surface area contributed by atoms with Crippen molar-refractivity contribution in [1.82, 2.24) is 19.9 Å². The Bertz CT molecular complexity index is 2050. The summed E-state index contributed by atoms with van der Waals surface area (Å²) < 4.78 is 58.7. The monoisotopic (exact) mass is 705 g/mol. The molecule has 5 atom stereocenters. The number of carboxylic acid groups (broad SMARTS) is 1. The summed E-state index contributed by atoms with van der Waals surface area (Å²) >= 11 is 0. The summed E-state index contributed by atoms with van der Waals surface area (Å²) in [6, 6.07) is 6.21. The van der Waals surface area contributed by atoms with Crippen molar-refractivity contribution in [2.75, 3.05) is 37.7 Å². The normalized spacial score (nSPS) is 26.3. The largest absolute Gasteiger partial charge is 0.506 e. The van der Waals surface area contributed by atoms with Crippen molar-refractivity contribution in [3.63, 3.8) is 0 Å². The number of aliphatic hydroxyl groups excluding tert-OH is 1. The van der Waals surface area contributed by atoms with Crippen LogP contribution in [0.3, 0.4) is 0 Å². The topological polar surface area (TPSA) is 121 Å². The molecule has 3 aliphatic heterocycles. The van der Waals surface area contributed by atoms with Crippen LogP contribution >= 0.6 is 0 Å². The third-order valence-electron chi connectivity index (χ3n) is 11.7. The molecule has 0 radical (unpaired) electrons. The Labute approximate surface area is 293 Å². The van der Waals surface area contributed by atoms with E-state index in [2.05, 4.69) is 14.9 Å². The number of anilines is 1. The molecule has 4 fully saturated rings. The molecule has 2 aromatic carbocycles. The van der Waals surface area contributed by atoms with Crippen LogP contribution in [0.2, 0.25) is 0 Å². The molecule has 5 heterocycles. The maximum Gasteiger partial charge on any atom is 0.506 e. The highest BCUT2D eigenvalue weighted by molar-refractivity contribution is 6.01. The number of nitrogens with zero attached hydrogens (tertiary/aromatic N) is 5. The van der Waals surface area contributed by atoms with E-state index in [1.807, 2.05) is 11.8 Å². The second-order valence-corrected chi connectivity index (χ2v) is 15.3. The van der Waals surface area contributed by atoms with Crippen LogP contribution in [0, 0.1) is 23.5 Å². The number of aromatic nitrogens is 3. The highest BCUT2D eigenvalue weighted by Gasteiger charge is 2.49. The molecular weight excluding hydrogens is 663 g/mol. The number of alkyl halides is 1. The van der Waals surface area contributed by atoms with Crippen LogP contribution in [-0.2, 0) is 16.8 Å². The van der Waals surface area contributed by atoms with Gasteiger partial charge in [0.25, 0.3) is 0 Å². The van der Waals surface area contributed by atoms with Gasteiger partial charge in [-0.2, -0.15) is 9.97 Å². The van der Waals surface area contributed by atoms with Gasteiger partial charge in [0.15, 0.2) is 5.82 Å². The van der Waals surface area contributed by atoms with Gasteiger partial charge in [-0.1, -0.05) is 13.0 Å². The molecule has 0 unspecified atom stereocenters. The molecule has 51 heavy (non-hydrogen) atoms. The van der Waals surface area contributed by atoms with Gasteiger partial charge in [0.1, 0.15) is 41.2 Å². The van der Waals surface area contributed by atoms with Crippen molar-refractivity contribution < 1.29 is 37.7 Å². The summed E-state index contributed by atoms with van der Waals surface area (Å²) in [5.41, 5.74) is -0.874. The number of hydrogen-bond acceptors (Lipinski definition) is 9. The minimum atomic E-state index is -1.47. The van der Waals surface area contributed by atoms with E-state index in [1.54, 1.807) is 32.0 Å². The van der Waals surface area contributed by atoms with Crippen LogP contribution in [0.1, 0.15) is 64.0 Å². The van der Waals surface area contributed by atoms with Gasteiger partial charge in [-0.15, -0.1) is 0 Å². The second kappa shape index (κ2) is 12.5. The second-order valence-electron chi connectivity index (χ2n) is 15.3. The van der Waals surface area contributed by atoms with Gasteiger partial charge in [-0.05, 0) is 98.5 Å². The van der Waals surface area contributed by atoms with E-state index in [1.165, 1.54) is 12.3 Å². The molecule has 10 nitrogen and oxygen atoms in total. The van der Waals surface area contributed by atoms with Gasteiger partial charge in [-0.3, -0.25) is 9.88 Å². The van der Waals surface area contributed by atoms with E-state index < -0.39 is 41.2 Å². The number of rotatable bonds is 8. The summed E-state index contributed by atoms with van der Waals surface area (Å²) in [5, 5.41) is 21.5. The lowest BCUT2D eigenvalue weighted by Crippen LogP contribution is -2.43. The first-order chi connectivity index (χ1) is 24.4. The predicted octanol–water partition coefficient (Wildman–Crippen LogP) is 6.78. The summed E-state index contributed by atoms with van der Waals surface area (Å²) in [7, 11) is 0. The zero-order valence-electron chi connectivity index (χ0n) is 29.0. The highest BCUT2D eigenvalue weighted by Crippen LogP contribution is 2.44. The van der Waals surface area contributed by atoms with Gasteiger partial charge in [0, 0.05) is 43.7 Å². The Morgan fingerprint density at radius 1 is 1.14 bits per heavy atom. The number of piperidine rings is 1. The van der Waals surface area contributed by atoms with Crippen LogP contribution in [0.15, 0.2) is 30.5 Å². The predicted molar refractivity (Wildman–Crippen MR) is 185 cm³/mol. The fourth-order valence-corrected chi connectivity index (χ4v) is 9.24. The zero-order chi connectivity index (χ0) is 35.8. The molecule has 1 saturated carbocycles. The first-order valence-electron chi connectivity index (χ1n) is 17.8. The summed E-state index contributed by atoms with van der Waals surface area (Å²) in [5.74, 6) is -0.473. The zero-order valence-corrected chi connectivity index (χ0v) is 29.0. The van der Waals surface area contributed by atoms with Gasteiger partial charge >= 0.3 is 12.2 Å². The number of fused-ring (bicyclic) bond motifs is 5. The van der Waals surface area contributed by atoms with Crippen LogP contribution < -0.4 is 9.64 Å². The Morgan fingerprint density at radius 2 is 1.96 bits per heavy atom. The first-order valence-corrected chi connectivity index (χ1v) is 17.8. The molecule has 4 aliphatic rings. The van der Waals surface area contributed by atoms with Gasteiger partial charge < -0.3 is 24.6 Å². The number of aliphatic hydroxyl groups is 1. The molecule has 270 valence electrons.